The molecule has 0 saturated carbocycles. The highest BCUT2D eigenvalue weighted by atomic mass is 35.5. The summed E-state index contributed by atoms with van der Waals surface area (Å²) in [4.78, 5) is 1.88. The van der Waals surface area contributed by atoms with Gasteiger partial charge in [0.25, 0.3) is 0 Å². The topological polar surface area (TPSA) is 84.7 Å². The Morgan fingerprint density at radius 2 is 2.05 bits per heavy atom. The predicted octanol–water partition coefficient (Wildman–Crippen LogP) is 0.647. The van der Waals surface area contributed by atoms with Crippen LogP contribution in [0.4, 0.5) is 0 Å². The highest BCUT2D eigenvalue weighted by Crippen LogP contribution is 2.31. The Morgan fingerprint density at radius 1 is 1.40 bits per heavy atom. The van der Waals surface area contributed by atoms with Crippen molar-refractivity contribution in [1.82, 2.24) is 9.62 Å². The van der Waals surface area contributed by atoms with Gasteiger partial charge in [-0.25, -0.2) is 13.1 Å². The van der Waals surface area contributed by atoms with Crippen LogP contribution in [0.25, 0.3) is 0 Å². The Hall–Kier alpha value is -0.860. The van der Waals surface area contributed by atoms with E-state index in [9.17, 15) is 8.42 Å². The van der Waals surface area contributed by atoms with Gasteiger partial charge >= 0.3 is 0 Å². The first-order valence-corrected chi connectivity index (χ1v) is 7.88. The van der Waals surface area contributed by atoms with Gasteiger partial charge in [0.1, 0.15) is 10.6 Å². The number of ether oxygens (including phenoxy) is 1. The molecule has 0 atom stereocenters. The quantitative estimate of drug-likeness (QED) is 0.770. The fourth-order valence-corrected chi connectivity index (χ4v) is 3.25. The molecule has 0 aliphatic rings. The number of benzene rings is 1. The molecule has 1 aromatic carbocycles. The van der Waals surface area contributed by atoms with E-state index in [1.165, 1.54) is 13.2 Å². The van der Waals surface area contributed by atoms with Crippen molar-refractivity contribution in [2.45, 2.75) is 11.4 Å². The molecule has 20 heavy (non-hydrogen) atoms. The van der Waals surface area contributed by atoms with Crippen LogP contribution < -0.4 is 15.2 Å². The minimum absolute atomic E-state index is 0.00621. The molecule has 0 unspecified atom stereocenters. The van der Waals surface area contributed by atoms with Gasteiger partial charge in [-0.2, -0.15) is 0 Å². The first-order chi connectivity index (χ1) is 9.31. The zero-order valence-electron chi connectivity index (χ0n) is 11.8. The molecule has 0 aliphatic heterocycles. The van der Waals surface area contributed by atoms with Crippen molar-refractivity contribution in [3.8, 4) is 5.75 Å². The molecule has 0 amide bonds. The van der Waals surface area contributed by atoms with E-state index in [2.05, 4.69) is 4.72 Å². The molecule has 8 heteroatoms. The third kappa shape index (κ3) is 4.32. The van der Waals surface area contributed by atoms with Crippen LogP contribution in [0.3, 0.4) is 0 Å². The molecule has 0 heterocycles. The Bertz CT molecular complexity index is 561. The van der Waals surface area contributed by atoms with Crippen LogP contribution in [0.1, 0.15) is 5.56 Å². The predicted molar refractivity (Wildman–Crippen MR) is 79.6 cm³/mol. The molecule has 0 saturated heterocycles. The van der Waals surface area contributed by atoms with E-state index in [4.69, 9.17) is 22.1 Å². The van der Waals surface area contributed by atoms with Crippen LogP contribution in [0.2, 0.25) is 5.02 Å². The normalized spacial score (nSPS) is 11.9. The van der Waals surface area contributed by atoms with Gasteiger partial charge in [-0.1, -0.05) is 11.6 Å². The SMILES string of the molecule is COc1c(CN)cc(Cl)cc1S(=O)(=O)NCCN(C)C. The molecule has 1 rings (SSSR count). The van der Waals surface area contributed by atoms with Crippen molar-refractivity contribution < 1.29 is 13.2 Å². The Labute approximate surface area is 124 Å². The average Bonchev–Trinajstić information content (AvgIpc) is 2.36. The monoisotopic (exact) mass is 321 g/mol. The lowest BCUT2D eigenvalue weighted by Crippen LogP contribution is -2.31. The first kappa shape index (κ1) is 17.2. The zero-order valence-corrected chi connectivity index (χ0v) is 13.4. The molecule has 0 aromatic heterocycles. The number of likely N-dealkylation sites (N-methyl/N-ethyl adjacent to an activating group) is 1. The van der Waals surface area contributed by atoms with E-state index < -0.39 is 10.0 Å². The van der Waals surface area contributed by atoms with Crippen LogP contribution in [0.5, 0.6) is 5.75 Å². The van der Waals surface area contributed by atoms with E-state index in [1.807, 2.05) is 19.0 Å². The summed E-state index contributed by atoms with van der Waals surface area (Å²) in [6.45, 7) is 1.03. The smallest absolute Gasteiger partial charge is 0.244 e. The number of hydrogen-bond donors (Lipinski definition) is 2. The molecular formula is C12H20ClN3O3S. The van der Waals surface area contributed by atoms with Gasteiger partial charge in [0, 0.05) is 30.2 Å². The Kier molecular flexibility index (Phi) is 6.22. The fourth-order valence-electron chi connectivity index (χ4n) is 1.69. The van der Waals surface area contributed by atoms with Crippen LogP contribution in [-0.4, -0.2) is 47.6 Å². The highest BCUT2D eigenvalue weighted by Gasteiger charge is 2.22. The number of hydrogen-bond acceptors (Lipinski definition) is 5. The van der Waals surface area contributed by atoms with Gasteiger partial charge in [0.05, 0.1) is 7.11 Å². The maximum atomic E-state index is 12.3. The minimum Gasteiger partial charge on any atom is -0.495 e. The van der Waals surface area contributed by atoms with Gasteiger partial charge < -0.3 is 15.4 Å². The third-order valence-electron chi connectivity index (χ3n) is 2.66. The summed E-state index contributed by atoms with van der Waals surface area (Å²) in [6, 6.07) is 2.96. The zero-order chi connectivity index (χ0) is 15.3. The first-order valence-electron chi connectivity index (χ1n) is 6.02. The number of nitrogens with zero attached hydrogens (tertiary/aromatic N) is 1. The maximum absolute atomic E-state index is 12.3. The molecule has 0 fully saturated rings. The van der Waals surface area contributed by atoms with Crippen molar-refractivity contribution in [2.75, 3.05) is 34.3 Å². The van der Waals surface area contributed by atoms with Crippen molar-refractivity contribution in [3.05, 3.63) is 22.7 Å². The van der Waals surface area contributed by atoms with Crippen molar-refractivity contribution in [3.63, 3.8) is 0 Å². The summed E-state index contributed by atoms with van der Waals surface area (Å²) in [5.41, 5.74) is 6.14. The van der Waals surface area contributed by atoms with Gasteiger partial charge in [0.15, 0.2) is 0 Å². The van der Waals surface area contributed by atoms with E-state index in [0.29, 0.717) is 23.7 Å². The number of nitrogens with one attached hydrogen (secondary N) is 1. The van der Waals surface area contributed by atoms with Gasteiger partial charge in [-0.3, -0.25) is 0 Å². The number of nitrogens with two attached hydrogens (primary N) is 1. The number of methoxy groups -OCH3 is 1. The van der Waals surface area contributed by atoms with Crippen LogP contribution >= 0.6 is 11.6 Å². The second-order valence-electron chi connectivity index (χ2n) is 4.50. The van der Waals surface area contributed by atoms with Crippen molar-refractivity contribution >= 4 is 21.6 Å². The molecule has 1 aromatic rings. The minimum atomic E-state index is -3.70. The van der Waals surface area contributed by atoms with Gasteiger partial charge in [-0.05, 0) is 26.2 Å². The maximum Gasteiger partial charge on any atom is 0.244 e. The summed E-state index contributed by atoms with van der Waals surface area (Å²) < 4.78 is 32.3. The fraction of sp³-hybridized carbons (Fsp3) is 0.500. The molecule has 0 spiro atoms. The van der Waals surface area contributed by atoms with Crippen LogP contribution in [-0.2, 0) is 16.6 Å². The summed E-state index contributed by atoms with van der Waals surface area (Å²) in [6.07, 6.45) is 0. The lowest BCUT2D eigenvalue weighted by molar-refractivity contribution is 0.396. The highest BCUT2D eigenvalue weighted by molar-refractivity contribution is 7.89. The molecule has 3 N–H and O–H groups in total. The van der Waals surface area contributed by atoms with Crippen molar-refractivity contribution in [1.29, 1.82) is 0 Å². The number of halogens is 1. The standard InChI is InChI=1S/C12H20ClN3O3S/c1-16(2)5-4-15-20(17,18)11-7-10(13)6-9(8-14)12(11)19-3/h6-7,15H,4-5,8,14H2,1-3H3. The van der Waals surface area contributed by atoms with Crippen molar-refractivity contribution in [2.24, 2.45) is 5.73 Å². The van der Waals surface area contributed by atoms with E-state index in [1.54, 1.807) is 6.07 Å². The Morgan fingerprint density at radius 3 is 2.55 bits per heavy atom. The van der Waals surface area contributed by atoms with Crippen LogP contribution in [0.15, 0.2) is 17.0 Å². The number of rotatable bonds is 7. The summed E-state index contributed by atoms with van der Waals surface area (Å²) in [5.74, 6) is 0.231. The summed E-state index contributed by atoms with van der Waals surface area (Å²) >= 11 is 5.94. The average molecular weight is 322 g/mol. The summed E-state index contributed by atoms with van der Waals surface area (Å²) in [7, 11) is 1.43. The lowest BCUT2D eigenvalue weighted by atomic mass is 10.2. The number of sulfonamides is 1. The summed E-state index contributed by atoms with van der Waals surface area (Å²) in [5, 5.41) is 0.305. The molecule has 114 valence electrons. The second-order valence-corrected chi connectivity index (χ2v) is 6.67. The van der Waals surface area contributed by atoms with Crippen LogP contribution in [0, 0.1) is 0 Å². The molecule has 0 radical (unpaired) electrons. The van der Waals surface area contributed by atoms with E-state index in [0.717, 1.165) is 0 Å². The molecule has 0 aliphatic carbocycles. The second kappa shape index (κ2) is 7.24. The largest absolute Gasteiger partial charge is 0.495 e. The van der Waals surface area contributed by atoms with E-state index >= 15 is 0 Å². The lowest BCUT2D eigenvalue weighted by Gasteiger charge is -2.15. The third-order valence-corrected chi connectivity index (χ3v) is 4.35. The van der Waals surface area contributed by atoms with E-state index in [-0.39, 0.29) is 17.2 Å². The molecular weight excluding hydrogens is 302 g/mol. The molecule has 6 nitrogen and oxygen atoms in total. The van der Waals surface area contributed by atoms with Gasteiger partial charge in [-0.15, -0.1) is 0 Å². The molecule has 0 bridgehead atoms. The Balaban J connectivity index is 3.13. The van der Waals surface area contributed by atoms with Gasteiger partial charge in [0.2, 0.25) is 10.0 Å².